The van der Waals surface area contributed by atoms with Gasteiger partial charge in [0.2, 0.25) is 10.0 Å². The van der Waals surface area contributed by atoms with Gasteiger partial charge in [-0.2, -0.15) is 0 Å². The van der Waals surface area contributed by atoms with E-state index in [0.29, 0.717) is 0 Å². The SMILES string of the molecule is CCNS(=O)(=O)c1ccc(C(=O)OCC(=O)NC(C)(C)CC(C)(C)C)cc1. The highest BCUT2D eigenvalue weighted by Crippen LogP contribution is 2.26. The maximum atomic E-state index is 12.1. The fourth-order valence-corrected chi connectivity index (χ4v) is 4.08. The Hall–Kier alpha value is -1.93. The van der Waals surface area contributed by atoms with Gasteiger partial charge in [-0.15, -0.1) is 0 Å². The van der Waals surface area contributed by atoms with Crippen LogP contribution in [0.4, 0.5) is 0 Å². The highest BCUT2D eigenvalue weighted by Gasteiger charge is 2.27. The molecule has 0 aliphatic heterocycles. The molecule has 152 valence electrons. The second-order valence-corrected chi connectivity index (χ2v) is 10.0. The lowest BCUT2D eigenvalue weighted by Gasteiger charge is -2.33. The van der Waals surface area contributed by atoms with Gasteiger partial charge in [-0.3, -0.25) is 4.79 Å². The van der Waals surface area contributed by atoms with Gasteiger partial charge in [0, 0.05) is 12.1 Å². The van der Waals surface area contributed by atoms with E-state index in [1.807, 2.05) is 13.8 Å². The van der Waals surface area contributed by atoms with Crippen molar-refractivity contribution < 1.29 is 22.7 Å². The van der Waals surface area contributed by atoms with Crippen molar-refractivity contribution in [2.45, 2.75) is 58.4 Å². The zero-order valence-corrected chi connectivity index (χ0v) is 17.7. The summed E-state index contributed by atoms with van der Waals surface area (Å²) < 4.78 is 31.2. The first kappa shape index (κ1) is 23.1. The van der Waals surface area contributed by atoms with Crippen LogP contribution >= 0.6 is 0 Å². The number of benzene rings is 1. The Morgan fingerprint density at radius 1 is 1.04 bits per heavy atom. The van der Waals surface area contributed by atoms with E-state index in [1.54, 1.807) is 6.92 Å². The molecule has 7 nitrogen and oxygen atoms in total. The molecule has 8 heteroatoms. The normalized spacial score (nSPS) is 12.5. The molecule has 1 aromatic carbocycles. The van der Waals surface area contributed by atoms with Crippen LogP contribution in [-0.4, -0.2) is 39.0 Å². The summed E-state index contributed by atoms with van der Waals surface area (Å²) in [5.41, 5.74) is -0.209. The molecule has 27 heavy (non-hydrogen) atoms. The molecule has 0 radical (unpaired) electrons. The van der Waals surface area contributed by atoms with Gasteiger partial charge in [-0.1, -0.05) is 27.7 Å². The van der Waals surface area contributed by atoms with Crippen LogP contribution in [0.5, 0.6) is 0 Å². The second kappa shape index (κ2) is 8.84. The van der Waals surface area contributed by atoms with E-state index < -0.39 is 28.1 Å². The number of ether oxygens (including phenoxy) is 1. The van der Waals surface area contributed by atoms with Gasteiger partial charge in [0.1, 0.15) is 0 Å². The Labute approximate surface area is 161 Å². The maximum Gasteiger partial charge on any atom is 0.338 e. The summed E-state index contributed by atoms with van der Waals surface area (Å²) in [5, 5.41) is 2.86. The molecule has 0 aliphatic rings. The fraction of sp³-hybridized carbons (Fsp3) is 0.579. The molecule has 0 aromatic heterocycles. The van der Waals surface area contributed by atoms with E-state index in [4.69, 9.17) is 4.74 Å². The van der Waals surface area contributed by atoms with Gasteiger partial charge in [0.25, 0.3) is 5.91 Å². The first-order valence-electron chi connectivity index (χ1n) is 8.84. The molecule has 0 bridgehead atoms. The molecular weight excluding hydrogens is 368 g/mol. The lowest BCUT2D eigenvalue weighted by atomic mass is 9.82. The molecule has 1 amide bonds. The largest absolute Gasteiger partial charge is 0.452 e. The molecule has 0 spiro atoms. The number of nitrogens with one attached hydrogen (secondary N) is 2. The monoisotopic (exact) mass is 398 g/mol. The van der Waals surface area contributed by atoms with Crippen LogP contribution in [0.25, 0.3) is 0 Å². The summed E-state index contributed by atoms with van der Waals surface area (Å²) in [7, 11) is -3.58. The van der Waals surface area contributed by atoms with Crippen LogP contribution in [0.3, 0.4) is 0 Å². The topological polar surface area (TPSA) is 102 Å². The van der Waals surface area contributed by atoms with Crippen molar-refractivity contribution >= 4 is 21.9 Å². The molecule has 1 aromatic rings. The van der Waals surface area contributed by atoms with Crippen LogP contribution in [-0.2, 0) is 19.6 Å². The molecule has 0 fully saturated rings. The number of hydrogen-bond donors (Lipinski definition) is 2. The standard InChI is InChI=1S/C19H30N2O5S/c1-7-20-27(24,25)15-10-8-14(9-11-15)17(23)26-12-16(22)21-19(5,6)13-18(2,3)4/h8-11,20H,7,12-13H2,1-6H3,(H,21,22). The van der Waals surface area contributed by atoms with Crippen molar-refractivity contribution in [3.05, 3.63) is 29.8 Å². The van der Waals surface area contributed by atoms with Crippen molar-refractivity contribution in [1.29, 1.82) is 0 Å². The Morgan fingerprint density at radius 3 is 2.07 bits per heavy atom. The van der Waals surface area contributed by atoms with Crippen LogP contribution < -0.4 is 10.0 Å². The van der Waals surface area contributed by atoms with Crippen molar-refractivity contribution in [3.8, 4) is 0 Å². The third kappa shape index (κ3) is 8.09. The zero-order valence-electron chi connectivity index (χ0n) is 16.9. The second-order valence-electron chi connectivity index (χ2n) is 8.27. The molecule has 0 unspecified atom stereocenters. The van der Waals surface area contributed by atoms with E-state index >= 15 is 0 Å². The van der Waals surface area contributed by atoms with E-state index in [9.17, 15) is 18.0 Å². The first-order chi connectivity index (χ1) is 12.3. The lowest BCUT2D eigenvalue weighted by molar-refractivity contribution is -0.126. The van der Waals surface area contributed by atoms with Crippen molar-refractivity contribution in [3.63, 3.8) is 0 Å². The number of carbonyl (C=O) groups excluding carboxylic acids is 2. The Morgan fingerprint density at radius 2 is 1.59 bits per heavy atom. The fourth-order valence-electron chi connectivity index (χ4n) is 3.04. The zero-order chi connectivity index (χ0) is 20.9. The molecule has 2 N–H and O–H groups in total. The quantitative estimate of drug-likeness (QED) is 0.655. The molecule has 1 rings (SSSR count). The third-order valence-electron chi connectivity index (χ3n) is 3.52. The molecule has 0 saturated carbocycles. The lowest BCUT2D eigenvalue weighted by Crippen LogP contribution is -2.47. The summed E-state index contributed by atoms with van der Waals surface area (Å²) in [6.45, 7) is 11.6. The molecular formula is C19H30N2O5S. The predicted molar refractivity (Wildman–Crippen MR) is 104 cm³/mol. The average molecular weight is 399 g/mol. The molecule has 0 saturated heterocycles. The smallest absolute Gasteiger partial charge is 0.338 e. The van der Waals surface area contributed by atoms with Crippen molar-refractivity contribution in [1.82, 2.24) is 10.0 Å². The number of rotatable bonds is 8. The molecule has 0 aliphatic carbocycles. The summed E-state index contributed by atoms with van der Waals surface area (Å²) in [6, 6.07) is 5.35. The minimum atomic E-state index is -3.58. The Balaban J connectivity index is 2.63. The maximum absolute atomic E-state index is 12.1. The molecule has 0 atom stereocenters. The van der Waals surface area contributed by atoms with Gasteiger partial charge in [-0.25, -0.2) is 17.9 Å². The van der Waals surface area contributed by atoms with Gasteiger partial charge in [0.05, 0.1) is 10.5 Å². The number of sulfonamides is 1. The first-order valence-corrected chi connectivity index (χ1v) is 10.3. The number of esters is 1. The molecule has 0 heterocycles. The van der Waals surface area contributed by atoms with Crippen LogP contribution in [0.15, 0.2) is 29.2 Å². The van der Waals surface area contributed by atoms with E-state index in [0.717, 1.165) is 6.42 Å². The Bertz CT molecular complexity index is 762. The third-order valence-corrected chi connectivity index (χ3v) is 5.08. The van der Waals surface area contributed by atoms with E-state index in [2.05, 4.69) is 30.8 Å². The minimum Gasteiger partial charge on any atom is -0.452 e. The van der Waals surface area contributed by atoms with Gasteiger partial charge in [0.15, 0.2) is 6.61 Å². The van der Waals surface area contributed by atoms with Crippen LogP contribution in [0, 0.1) is 5.41 Å². The number of amides is 1. The summed E-state index contributed by atoms with van der Waals surface area (Å²) in [5.74, 6) is -1.07. The van der Waals surface area contributed by atoms with Crippen molar-refractivity contribution in [2.75, 3.05) is 13.2 Å². The average Bonchev–Trinajstić information content (AvgIpc) is 2.49. The number of carbonyl (C=O) groups is 2. The Kier molecular flexibility index (Phi) is 7.57. The predicted octanol–water partition coefficient (Wildman–Crippen LogP) is 2.47. The number of hydrogen-bond acceptors (Lipinski definition) is 5. The van der Waals surface area contributed by atoms with Crippen LogP contribution in [0.1, 0.15) is 58.3 Å². The summed E-state index contributed by atoms with van der Waals surface area (Å²) in [4.78, 5) is 24.2. The highest BCUT2D eigenvalue weighted by molar-refractivity contribution is 7.89. The van der Waals surface area contributed by atoms with E-state index in [1.165, 1.54) is 24.3 Å². The van der Waals surface area contributed by atoms with Crippen LogP contribution in [0.2, 0.25) is 0 Å². The van der Waals surface area contributed by atoms with Crippen molar-refractivity contribution in [2.24, 2.45) is 5.41 Å². The van der Waals surface area contributed by atoms with E-state index in [-0.39, 0.29) is 28.3 Å². The van der Waals surface area contributed by atoms with Gasteiger partial charge < -0.3 is 10.1 Å². The van der Waals surface area contributed by atoms with Gasteiger partial charge >= 0.3 is 5.97 Å². The van der Waals surface area contributed by atoms with Gasteiger partial charge in [-0.05, 0) is 49.9 Å². The summed E-state index contributed by atoms with van der Waals surface area (Å²) >= 11 is 0. The highest BCUT2D eigenvalue weighted by atomic mass is 32.2. The minimum absolute atomic E-state index is 0.0438. The summed E-state index contributed by atoms with van der Waals surface area (Å²) in [6.07, 6.45) is 0.765.